The first kappa shape index (κ1) is 19.3. The summed E-state index contributed by atoms with van der Waals surface area (Å²) in [6, 6.07) is 19.5. The van der Waals surface area contributed by atoms with Gasteiger partial charge in [0.2, 0.25) is 11.8 Å². The summed E-state index contributed by atoms with van der Waals surface area (Å²) in [5.74, 6) is 0.183. The van der Waals surface area contributed by atoms with Crippen LogP contribution in [0.25, 0.3) is 0 Å². The Morgan fingerprint density at radius 2 is 1.03 bits per heavy atom. The number of amides is 2. The van der Waals surface area contributed by atoms with Crippen LogP contribution in [0, 0.1) is 0 Å². The quantitative estimate of drug-likeness (QED) is 0.767. The fraction of sp³-hybridized carbons (Fsp3) is 0.417. The average Bonchev–Trinajstić information content (AvgIpc) is 3.33. The molecule has 0 aromatic heterocycles. The maximum atomic E-state index is 12.8. The standard InChI is InChI=1S/C24H26N2O4/c27-21-13-11-19-16-30-24(18-9-5-2-6-10-18)26-20(12-14-22(26)28)15-29-23(25(19)21)17-7-3-1-4-8-17/h1-10,19-20,23-24H,11-16H2/t19-,20+,23+,24-. The molecule has 2 aromatic rings. The third-order valence-corrected chi connectivity index (χ3v) is 6.31. The zero-order valence-electron chi connectivity index (χ0n) is 16.9. The van der Waals surface area contributed by atoms with Gasteiger partial charge in [0.25, 0.3) is 0 Å². The second kappa shape index (κ2) is 8.20. The van der Waals surface area contributed by atoms with Crippen molar-refractivity contribution in [2.75, 3.05) is 13.2 Å². The Labute approximate surface area is 176 Å². The Hall–Kier alpha value is -2.70. The summed E-state index contributed by atoms with van der Waals surface area (Å²) >= 11 is 0. The molecule has 2 aromatic carbocycles. The number of benzene rings is 2. The molecule has 4 atom stereocenters. The van der Waals surface area contributed by atoms with Crippen LogP contribution in [-0.4, -0.2) is 46.9 Å². The van der Waals surface area contributed by atoms with Gasteiger partial charge in [0, 0.05) is 24.0 Å². The molecule has 0 N–H and O–H groups in total. The second-order valence-corrected chi connectivity index (χ2v) is 8.18. The predicted molar refractivity (Wildman–Crippen MR) is 110 cm³/mol. The zero-order valence-corrected chi connectivity index (χ0v) is 16.9. The summed E-state index contributed by atoms with van der Waals surface area (Å²) < 4.78 is 12.8. The first-order chi connectivity index (χ1) is 14.7. The van der Waals surface area contributed by atoms with Crippen LogP contribution in [0.5, 0.6) is 0 Å². The molecule has 3 saturated heterocycles. The predicted octanol–water partition coefficient (Wildman–Crippen LogP) is 3.41. The lowest BCUT2D eigenvalue weighted by molar-refractivity contribution is -0.174. The minimum Gasteiger partial charge on any atom is -0.352 e. The molecule has 0 unspecified atom stereocenters. The van der Waals surface area contributed by atoms with Crippen molar-refractivity contribution in [2.45, 2.75) is 50.2 Å². The van der Waals surface area contributed by atoms with Crippen molar-refractivity contribution >= 4 is 11.8 Å². The van der Waals surface area contributed by atoms with Gasteiger partial charge in [0.15, 0.2) is 12.5 Å². The Kier molecular flexibility index (Phi) is 5.27. The fourth-order valence-corrected chi connectivity index (χ4v) is 4.81. The van der Waals surface area contributed by atoms with Crippen molar-refractivity contribution in [1.82, 2.24) is 9.80 Å². The number of rotatable bonds is 2. The lowest BCUT2D eigenvalue weighted by Crippen LogP contribution is -2.47. The van der Waals surface area contributed by atoms with Crippen LogP contribution >= 0.6 is 0 Å². The highest BCUT2D eigenvalue weighted by Crippen LogP contribution is 2.37. The largest absolute Gasteiger partial charge is 0.352 e. The van der Waals surface area contributed by atoms with Crippen LogP contribution in [0.4, 0.5) is 0 Å². The minimum atomic E-state index is -0.458. The van der Waals surface area contributed by atoms with E-state index < -0.39 is 12.5 Å². The van der Waals surface area contributed by atoms with E-state index >= 15 is 0 Å². The average molecular weight is 406 g/mol. The van der Waals surface area contributed by atoms with Gasteiger partial charge >= 0.3 is 0 Å². The highest BCUT2D eigenvalue weighted by atomic mass is 16.5. The summed E-state index contributed by atoms with van der Waals surface area (Å²) in [6.45, 7) is 0.739. The molecule has 0 radical (unpaired) electrons. The molecule has 30 heavy (non-hydrogen) atoms. The van der Waals surface area contributed by atoms with Crippen molar-refractivity contribution < 1.29 is 19.1 Å². The van der Waals surface area contributed by atoms with Gasteiger partial charge in [-0.15, -0.1) is 0 Å². The van der Waals surface area contributed by atoms with Gasteiger partial charge in [-0.2, -0.15) is 0 Å². The van der Waals surface area contributed by atoms with E-state index in [-0.39, 0.29) is 23.9 Å². The Morgan fingerprint density at radius 1 is 0.633 bits per heavy atom. The van der Waals surface area contributed by atoms with Crippen molar-refractivity contribution in [3.63, 3.8) is 0 Å². The Bertz CT molecular complexity index is 828. The molecular weight excluding hydrogens is 380 g/mol. The van der Waals surface area contributed by atoms with E-state index in [1.807, 2.05) is 70.5 Å². The minimum absolute atomic E-state index is 0.0804. The molecule has 6 nitrogen and oxygen atoms in total. The molecule has 0 aliphatic carbocycles. The van der Waals surface area contributed by atoms with Gasteiger partial charge in [-0.3, -0.25) is 9.59 Å². The molecule has 2 amide bonds. The fourth-order valence-electron chi connectivity index (χ4n) is 4.81. The summed E-state index contributed by atoms with van der Waals surface area (Å²) in [6.07, 6.45) is 1.52. The molecule has 0 spiro atoms. The van der Waals surface area contributed by atoms with Crippen LogP contribution in [0.3, 0.4) is 0 Å². The van der Waals surface area contributed by atoms with Gasteiger partial charge in [0.05, 0.1) is 25.3 Å². The van der Waals surface area contributed by atoms with Gasteiger partial charge in [-0.05, 0) is 12.8 Å². The Morgan fingerprint density at radius 3 is 1.43 bits per heavy atom. The van der Waals surface area contributed by atoms with Crippen molar-refractivity contribution in [3.05, 3.63) is 71.8 Å². The molecule has 156 valence electrons. The maximum Gasteiger partial charge on any atom is 0.225 e. The van der Waals surface area contributed by atoms with Crippen LogP contribution in [0.2, 0.25) is 0 Å². The normalized spacial score (nSPS) is 29.6. The SMILES string of the molecule is O=C1CC[C@H]2CO[C@@H](c3ccccc3)N3C(=O)CC[C@@H]3CO[C@H](c3ccccc3)N12. The van der Waals surface area contributed by atoms with Gasteiger partial charge < -0.3 is 19.3 Å². The summed E-state index contributed by atoms with van der Waals surface area (Å²) in [4.78, 5) is 29.3. The van der Waals surface area contributed by atoms with Crippen molar-refractivity contribution in [2.24, 2.45) is 0 Å². The third-order valence-electron chi connectivity index (χ3n) is 6.31. The van der Waals surface area contributed by atoms with E-state index in [1.54, 1.807) is 0 Å². The van der Waals surface area contributed by atoms with E-state index in [2.05, 4.69) is 0 Å². The van der Waals surface area contributed by atoms with E-state index in [0.717, 1.165) is 24.0 Å². The first-order valence-corrected chi connectivity index (χ1v) is 10.7. The number of nitrogens with zero attached hydrogens (tertiary/aromatic N) is 2. The topological polar surface area (TPSA) is 59.1 Å². The first-order valence-electron chi connectivity index (χ1n) is 10.7. The van der Waals surface area contributed by atoms with Crippen molar-refractivity contribution in [1.29, 1.82) is 0 Å². The van der Waals surface area contributed by atoms with Crippen LogP contribution < -0.4 is 0 Å². The third kappa shape index (κ3) is 3.50. The van der Waals surface area contributed by atoms with Gasteiger partial charge in [0.1, 0.15) is 0 Å². The summed E-state index contributed by atoms with van der Waals surface area (Å²) in [5.41, 5.74) is 1.91. The highest BCUT2D eigenvalue weighted by Gasteiger charge is 2.43. The van der Waals surface area contributed by atoms with Crippen LogP contribution in [0.1, 0.15) is 49.3 Å². The number of fused-ring (bicyclic) bond motifs is 2. The molecule has 3 fully saturated rings. The summed E-state index contributed by atoms with van der Waals surface area (Å²) in [5, 5.41) is 0. The number of ether oxygens (including phenoxy) is 2. The second-order valence-electron chi connectivity index (χ2n) is 8.18. The van der Waals surface area contributed by atoms with E-state index in [9.17, 15) is 9.59 Å². The lowest BCUT2D eigenvalue weighted by Gasteiger charge is -2.40. The molecule has 3 heterocycles. The van der Waals surface area contributed by atoms with Crippen molar-refractivity contribution in [3.8, 4) is 0 Å². The smallest absolute Gasteiger partial charge is 0.225 e. The lowest BCUT2D eigenvalue weighted by atomic mass is 10.1. The monoisotopic (exact) mass is 406 g/mol. The van der Waals surface area contributed by atoms with Gasteiger partial charge in [-0.25, -0.2) is 0 Å². The molecular formula is C24H26N2O4. The van der Waals surface area contributed by atoms with Crippen LogP contribution in [0.15, 0.2) is 60.7 Å². The number of carbonyl (C=O) groups excluding carboxylic acids is 2. The highest BCUT2D eigenvalue weighted by molar-refractivity contribution is 5.80. The molecule has 6 heteroatoms. The molecule has 3 aliphatic heterocycles. The van der Waals surface area contributed by atoms with E-state index in [1.165, 1.54) is 0 Å². The maximum absolute atomic E-state index is 12.8. The number of carbonyl (C=O) groups is 2. The van der Waals surface area contributed by atoms with Crippen LogP contribution in [-0.2, 0) is 19.1 Å². The molecule has 5 rings (SSSR count). The Balaban J connectivity index is 1.50. The van der Waals surface area contributed by atoms with E-state index in [4.69, 9.17) is 9.47 Å². The number of hydrogen-bond donors (Lipinski definition) is 0. The summed E-state index contributed by atoms with van der Waals surface area (Å²) in [7, 11) is 0. The molecule has 0 bridgehead atoms. The molecule has 3 aliphatic rings. The zero-order chi connectivity index (χ0) is 20.5. The number of hydrogen-bond acceptors (Lipinski definition) is 4. The van der Waals surface area contributed by atoms with Gasteiger partial charge in [-0.1, -0.05) is 60.7 Å². The van der Waals surface area contributed by atoms with E-state index in [0.29, 0.717) is 26.1 Å². The molecule has 0 saturated carbocycles.